The normalized spacial score (nSPS) is 12.9. The fourth-order valence-corrected chi connectivity index (χ4v) is 1.61. The standard InChI is InChI=1S/C11H8F5N3S/c1-20-9(18-6-17)19-8-5-3-2-4-7(8)10(12,13)11(14,15)16/h2-5H,1H3,(H,18,19). The maximum atomic E-state index is 13.4. The molecule has 0 aliphatic carbocycles. The number of para-hydroxylation sites is 1. The minimum absolute atomic E-state index is 0.0853. The topological polar surface area (TPSA) is 48.2 Å². The molecule has 0 spiro atoms. The number of rotatable bonds is 2. The Morgan fingerprint density at radius 3 is 2.35 bits per heavy atom. The van der Waals surface area contributed by atoms with E-state index in [-0.39, 0.29) is 5.17 Å². The number of alkyl halides is 5. The number of amidine groups is 1. The van der Waals surface area contributed by atoms with Crippen LogP contribution in [0.25, 0.3) is 0 Å². The van der Waals surface area contributed by atoms with Crippen molar-refractivity contribution < 1.29 is 22.0 Å². The molecule has 0 aliphatic rings. The molecule has 1 N–H and O–H groups in total. The molecule has 0 bridgehead atoms. The van der Waals surface area contributed by atoms with Crippen molar-refractivity contribution in [2.45, 2.75) is 12.1 Å². The average Bonchev–Trinajstić information content (AvgIpc) is 2.37. The molecule has 1 aromatic carbocycles. The van der Waals surface area contributed by atoms with Gasteiger partial charge in [-0.25, -0.2) is 4.99 Å². The average molecular weight is 309 g/mol. The molecule has 0 unspecified atom stereocenters. The third-order valence-corrected chi connectivity index (χ3v) is 2.76. The lowest BCUT2D eigenvalue weighted by atomic mass is 10.1. The maximum Gasteiger partial charge on any atom is 0.458 e. The second-order valence-electron chi connectivity index (χ2n) is 3.45. The second-order valence-corrected chi connectivity index (χ2v) is 4.24. The summed E-state index contributed by atoms with van der Waals surface area (Å²) < 4.78 is 63.9. The number of halogens is 5. The van der Waals surface area contributed by atoms with E-state index in [1.54, 1.807) is 0 Å². The highest BCUT2D eigenvalue weighted by molar-refractivity contribution is 8.13. The zero-order valence-corrected chi connectivity index (χ0v) is 10.8. The first-order valence-corrected chi connectivity index (χ1v) is 6.28. The number of benzene rings is 1. The SMILES string of the molecule is CSC(=Nc1ccccc1C(F)(F)C(F)(F)F)NC#N. The molecule has 1 rings (SSSR count). The number of thioether (sulfide) groups is 1. The van der Waals surface area contributed by atoms with E-state index in [0.29, 0.717) is 6.07 Å². The van der Waals surface area contributed by atoms with Crippen molar-refractivity contribution in [1.82, 2.24) is 5.32 Å². The Labute approximate surface area is 115 Å². The first-order chi connectivity index (χ1) is 9.24. The minimum atomic E-state index is -5.72. The zero-order chi connectivity index (χ0) is 15.4. The molecule has 108 valence electrons. The van der Waals surface area contributed by atoms with Crippen LogP contribution in [0.15, 0.2) is 29.3 Å². The van der Waals surface area contributed by atoms with Crippen molar-refractivity contribution in [1.29, 1.82) is 5.26 Å². The Balaban J connectivity index is 3.36. The van der Waals surface area contributed by atoms with Crippen molar-refractivity contribution >= 4 is 22.6 Å². The van der Waals surface area contributed by atoms with Crippen LogP contribution >= 0.6 is 11.8 Å². The third-order valence-electron chi connectivity index (χ3n) is 2.18. The van der Waals surface area contributed by atoms with E-state index in [0.717, 1.165) is 23.9 Å². The molecule has 9 heteroatoms. The molecule has 3 nitrogen and oxygen atoms in total. The summed E-state index contributed by atoms with van der Waals surface area (Å²) in [7, 11) is 0. The van der Waals surface area contributed by atoms with Crippen LogP contribution in [-0.2, 0) is 5.92 Å². The summed E-state index contributed by atoms with van der Waals surface area (Å²) in [6.45, 7) is 0. The maximum absolute atomic E-state index is 13.4. The van der Waals surface area contributed by atoms with Crippen molar-refractivity contribution in [3.8, 4) is 6.19 Å². The van der Waals surface area contributed by atoms with Crippen molar-refractivity contribution in [2.75, 3.05) is 6.26 Å². The van der Waals surface area contributed by atoms with Gasteiger partial charge in [0.05, 0.1) is 11.3 Å². The van der Waals surface area contributed by atoms with Gasteiger partial charge in [0, 0.05) is 0 Å². The molecule has 0 aromatic heterocycles. The molecule has 0 amide bonds. The molecular formula is C11H8F5N3S. The van der Waals surface area contributed by atoms with E-state index in [2.05, 4.69) is 10.3 Å². The second kappa shape index (κ2) is 6.09. The minimum Gasteiger partial charge on any atom is -0.271 e. The Kier molecular flexibility index (Phi) is 4.94. The quantitative estimate of drug-likeness (QED) is 0.297. The van der Waals surface area contributed by atoms with Crippen LogP contribution < -0.4 is 5.32 Å². The van der Waals surface area contributed by atoms with Crippen molar-refractivity contribution in [3.63, 3.8) is 0 Å². The van der Waals surface area contributed by atoms with Crippen LogP contribution in [0, 0.1) is 11.5 Å². The Hall–Kier alpha value is -1.82. The number of nitrogens with one attached hydrogen (secondary N) is 1. The first-order valence-electron chi connectivity index (χ1n) is 5.06. The van der Waals surface area contributed by atoms with Gasteiger partial charge in [0.25, 0.3) is 0 Å². The van der Waals surface area contributed by atoms with E-state index in [1.807, 2.05) is 0 Å². The molecule has 1 aromatic rings. The Morgan fingerprint density at radius 1 is 1.25 bits per heavy atom. The van der Waals surface area contributed by atoms with Crippen molar-refractivity contribution in [2.24, 2.45) is 4.99 Å². The van der Waals surface area contributed by atoms with Crippen LogP contribution in [0.2, 0.25) is 0 Å². The van der Waals surface area contributed by atoms with Gasteiger partial charge in [-0.2, -0.15) is 27.2 Å². The van der Waals surface area contributed by atoms with Gasteiger partial charge in [-0.05, 0) is 12.3 Å². The van der Waals surface area contributed by atoms with Crippen LogP contribution in [0.3, 0.4) is 0 Å². The number of hydrogen-bond acceptors (Lipinski definition) is 3. The lowest BCUT2D eigenvalue weighted by molar-refractivity contribution is -0.289. The van der Waals surface area contributed by atoms with Gasteiger partial charge in [0.1, 0.15) is 0 Å². The molecule has 0 radical (unpaired) electrons. The summed E-state index contributed by atoms with van der Waals surface area (Å²) in [5, 5.41) is 10.4. The third kappa shape index (κ3) is 3.39. The van der Waals surface area contributed by atoms with E-state index in [1.165, 1.54) is 18.5 Å². The highest BCUT2D eigenvalue weighted by Crippen LogP contribution is 2.47. The summed E-state index contributed by atoms with van der Waals surface area (Å²) in [5.41, 5.74) is -1.82. The lowest BCUT2D eigenvalue weighted by Crippen LogP contribution is -2.33. The van der Waals surface area contributed by atoms with E-state index in [4.69, 9.17) is 5.26 Å². The molecule has 0 aliphatic heterocycles. The molecule has 0 fully saturated rings. The summed E-state index contributed by atoms with van der Waals surface area (Å²) in [6.07, 6.45) is -2.71. The van der Waals surface area contributed by atoms with E-state index < -0.39 is 23.3 Å². The monoisotopic (exact) mass is 309 g/mol. The molecule has 20 heavy (non-hydrogen) atoms. The molecule has 0 atom stereocenters. The fourth-order valence-electron chi connectivity index (χ4n) is 1.27. The highest BCUT2D eigenvalue weighted by atomic mass is 32.2. The lowest BCUT2D eigenvalue weighted by Gasteiger charge is -2.21. The molecular weight excluding hydrogens is 301 g/mol. The van der Waals surface area contributed by atoms with Crippen molar-refractivity contribution in [3.05, 3.63) is 29.8 Å². The number of hydrogen-bond donors (Lipinski definition) is 1. The van der Waals surface area contributed by atoms with Gasteiger partial charge in [-0.3, -0.25) is 5.32 Å². The summed E-state index contributed by atoms with van der Waals surface area (Å²) in [4.78, 5) is 3.61. The molecule has 0 saturated heterocycles. The highest BCUT2D eigenvalue weighted by Gasteiger charge is 2.59. The zero-order valence-electron chi connectivity index (χ0n) is 10.0. The Bertz CT molecular complexity index is 548. The van der Waals surface area contributed by atoms with Gasteiger partial charge >= 0.3 is 12.1 Å². The van der Waals surface area contributed by atoms with E-state index in [9.17, 15) is 22.0 Å². The number of nitrogens with zero attached hydrogens (tertiary/aromatic N) is 2. The molecule has 0 heterocycles. The van der Waals surface area contributed by atoms with Gasteiger partial charge < -0.3 is 0 Å². The van der Waals surface area contributed by atoms with Gasteiger partial charge in [0.15, 0.2) is 11.4 Å². The largest absolute Gasteiger partial charge is 0.458 e. The predicted molar refractivity (Wildman–Crippen MR) is 65.7 cm³/mol. The van der Waals surface area contributed by atoms with Crippen LogP contribution in [0.1, 0.15) is 5.56 Å². The van der Waals surface area contributed by atoms with E-state index >= 15 is 0 Å². The number of aliphatic imine (C=N–C) groups is 1. The summed E-state index contributed by atoms with van der Waals surface area (Å²) in [6, 6.07) is 4.00. The Morgan fingerprint density at radius 2 is 1.85 bits per heavy atom. The summed E-state index contributed by atoms with van der Waals surface area (Å²) in [5.74, 6) is -5.02. The fraction of sp³-hybridized carbons (Fsp3) is 0.273. The number of nitriles is 1. The smallest absolute Gasteiger partial charge is 0.271 e. The molecule has 0 saturated carbocycles. The first kappa shape index (κ1) is 16.2. The predicted octanol–water partition coefficient (Wildman–Crippen LogP) is 3.76. The van der Waals surface area contributed by atoms with Gasteiger partial charge in [0.2, 0.25) is 0 Å². The summed E-state index contributed by atoms with van der Waals surface area (Å²) >= 11 is 0.906. The van der Waals surface area contributed by atoms with Crippen LogP contribution in [0.5, 0.6) is 0 Å². The van der Waals surface area contributed by atoms with Gasteiger partial charge in [-0.15, -0.1) is 0 Å². The van der Waals surface area contributed by atoms with Crippen LogP contribution in [-0.4, -0.2) is 17.6 Å². The van der Waals surface area contributed by atoms with Gasteiger partial charge in [-0.1, -0.05) is 30.0 Å². The van der Waals surface area contributed by atoms with Crippen LogP contribution in [0.4, 0.5) is 27.6 Å².